The van der Waals surface area contributed by atoms with Crippen LogP contribution in [0, 0.1) is 0 Å². The van der Waals surface area contributed by atoms with Crippen LogP contribution in [-0.4, -0.2) is 29.4 Å². The topological polar surface area (TPSA) is 69.9 Å². The highest BCUT2D eigenvalue weighted by Crippen LogP contribution is 2.39. The van der Waals surface area contributed by atoms with E-state index in [1.807, 2.05) is 13.8 Å². The second kappa shape index (κ2) is 11.5. The second-order valence-electron chi connectivity index (χ2n) is 8.59. The summed E-state index contributed by atoms with van der Waals surface area (Å²) >= 11 is 16.4. The van der Waals surface area contributed by atoms with Gasteiger partial charge in [-0.3, -0.25) is 9.36 Å². The number of alkyl halides is 3. The molecule has 39 heavy (non-hydrogen) atoms. The Hall–Kier alpha value is -2.60. The lowest BCUT2D eigenvalue weighted by atomic mass is 9.95. The maximum absolute atomic E-state index is 14.2. The molecule has 0 N–H and O–H groups in total. The van der Waals surface area contributed by atoms with Crippen molar-refractivity contribution in [2.24, 2.45) is 4.99 Å². The number of carbonyl (C=O) groups excluding carboxylic acids is 1. The number of ether oxygens (including phenoxy) is 2. The van der Waals surface area contributed by atoms with E-state index in [9.17, 15) is 22.8 Å². The van der Waals surface area contributed by atoms with Crippen molar-refractivity contribution < 1.29 is 27.4 Å². The molecule has 0 radical (unpaired) electrons. The summed E-state index contributed by atoms with van der Waals surface area (Å²) in [6.45, 7) is 4.94. The van der Waals surface area contributed by atoms with Crippen molar-refractivity contribution in [1.82, 2.24) is 4.57 Å². The number of thiazole rings is 1. The highest BCUT2D eigenvalue weighted by atomic mass is 79.9. The summed E-state index contributed by atoms with van der Waals surface area (Å²) in [5.74, 6) is -0.827. The van der Waals surface area contributed by atoms with Gasteiger partial charge < -0.3 is 9.47 Å². The van der Waals surface area contributed by atoms with E-state index in [0.717, 1.165) is 15.9 Å². The lowest BCUT2D eigenvalue weighted by molar-refractivity contribution is -0.140. The van der Waals surface area contributed by atoms with Crippen molar-refractivity contribution in [3.05, 3.63) is 93.0 Å². The summed E-state index contributed by atoms with van der Waals surface area (Å²) in [4.78, 5) is 30.2. The maximum Gasteiger partial charge on any atom is 0.434 e. The van der Waals surface area contributed by atoms with E-state index in [2.05, 4.69) is 20.9 Å². The highest BCUT2D eigenvalue weighted by molar-refractivity contribution is 9.10. The minimum Gasteiger partial charge on any atom is -0.489 e. The number of hydrogen-bond donors (Lipinski definition) is 0. The standard InChI is InChI=1S/C26H20BrCl2F3N2O4S/c1-4-37-24(36)19-20(13-5-7-15(28)8-6-13)34-23(35)18(39-25(34)33-22(19)26(30,31)32)10-14-9-16(29)11-17(27)21(14)38-12(2)3/h5-12,20H,4H2,1-3H3/b18-10-/t20-/m0/s1. The average molecular weight is 664 g/mol. The van der Waals surface area contributed by atoms with Crippen LogP contribution in [0.15, 0.2) is 61.9 Å². The Kier molecular flexibility index (Phi) is 8.65. The molecule has 2 aromatic carbocycles. The van der Waals surface area contributed by atoms with Crippen LogP contribution in [0.4, 0.5) is 13.2 Å². The van der Waals surface area contributed by atoms with Gasteiger partial charge in [0.15, 0.2) is 10.5 Å². The Morgan fingerprint density at radius 3 is 2.46 bits per heavy atom. The van der Waals surface area contributed by atoms with Gasteiger partial charge in [-0.2, -0.15) is 13.2 Å². The molecule has 0 amide bonds. The first-order valence-electron chi connectivity index (χ1n) is 11.5. The maximum atomic E-state index is 14.2. The first-order valence-corrected chi connectivity index (χ1v) is 13.9. The number of hydrogen-bond acceptors (Lipinski definition) is 6. The minimum atomic E-state index is -5.00. The molecule has 1 aliphatic heterocycles. The lowest BCUT2D eigenvalue weighted by Crippen LogP contribution is -2.41. The fourth-order valence-corrected chi connectivity index (χ4v) is 6.03. The molecule has 0 spiro atoms. The van der Waals surface area contributed by atoms with Crippen molar-refractivity contribution in [2.75, 3.05) is 6.61 Å². The highest BCUT2D eigenvalue weighted by Gasteiger charge is 2.45. The van der Waals surface area contributed by atoms with E-state index in [1.54, 1.807) is 12.1 Å². The van der Waals surface area contributed by atoms with E-state index < -0.39 is 35.0 Å². The molecular formula is C26H20BrCl2F3N2O4S. The summed E-state index contributed by atoms with van der Waals surface area (Å²) in [5, 5.41) is 0.674. The number of allylic oxidation sites excluding steroid dienone is 1. The molecule has 13 heteroatoms. The van der Waals surface area contributed by atoms with Crippen molar-refractivity contribution >= 4 is 62.5 Å². The van der Waals surface area contributed by atoms with Crippen LogP contribution in [-0.2, 0) is 9.53 Å². The molecule has 0 saturated heterocycles. The third kappa shape index (κ3) is 6.11. The number of rotatable bonds is 6. The van der Waals surface area contributed by atoms with Gasteiger partial charge in [0.1, 0.15) is 5.75 Å². The molecule has 1 atom stereocenters. The molecule has 0 fully saturated rings. The van der Waals surface area contributed by atoms with Crippen LogP contribution < -0.4 is 19.6 Å². The molecule has 206 valence electrons. The Balaban J connectivity index is 2.06. The minimum absolute atomic E-state index is 0.0575. The van der Waals surface area contributed by atoms with Crippen LogP contribution >= 0.6 is 50.5 Å². The molecule has 1 aliphatic rings. The quantitative estimate of drug-likeness (QED) is 0.295. The number of benzene rings is 2. The summed E-state index contributed by atoms with van der Waals surface area (Å²) in [5.41, 5.74) is -2.23. The van der Waals surface area contributed by atoms with Gasteiger partial charge in [0, 0.05) is 15.6 Å². The van der Waals surface area contributed by atoms with Crippen LogP contribution in [0.3, 0.4) is 0 Å². The summed E-state index contributed by atoms with van der Waals surface area (Å²) in [6.07, 6.45) is -3.75. The number of esters is 1. The zero-order chi connectivity index (χ0) is 28.6. The fourth-order valence-electron chi connectivity index (χ4n) is 3.99. The van der Waals surface area contributed by atoms with Crippen LogP contribution in [0.25, 0.3) is 6.08 Å². The molecule has 0 bridgehead atoms. The van der Waals surface area contributed by atoms with Crippen molar-refractivity contribution in [2.45, 2.75) is 39.1 Å². The molecule has 0 saturated carbocycles. The predicted molar refractivity (Wildman–Crippen MR) is 147 cm³/mol. The van der Waals surface area contributed by atoms with E-state index in [1.165, 1.54) is 37.3 Å². The molecule has 0 aliphatic carbocycles. The zero-order valence-corrected chi connectivity index (χ0v) is 24.5. The van der Waals surface area contributed by atoms with Gasteiger partial charge >= 0.3 is 12.1 Å². The van der Waals surface area contributed by atoms with Gasteiger partial charge in [-0.25, -0.2) is 9.79 Å². The fraction of sp³-hybridized carbons (Fsp3) is 0.269. The van der Waals surface area contributed by atoms with Crippen LogP contribution in [0.5, 0.6) is 5.75 Å². The molecule has 0 unspecified atom stereocenters. The van der Waals surface area contributed by atoms with Gasteiger partial charge in [-0.1, -0.05) is 46.7 Å². The Morgan fingerprint density at radius 1 is 1.21 bits per heavy atom. The molecule has 2 heterocycles. The second-order valence-corrected chi connectivity index (χ2v) is 11.3. The van der Waals surface area contributed by atoms with Gasteiger partial charge in [0.25, 0.3) is 5.56 Å². The third-order valence-electron chi connectivity index (χ3n) is 5.46. The van der Waals surface area contributed by atoms with Gasteiger partial charge in [0.05, 0.1) is 33.3 Å². The van der Waals surface area contributed by atoms with E-state index in [0.29, 0.717) is 25.8 Å². The summed E-state index contributed by atoms with van der Waals surface area (Å²) < 4.78 is 55.3. The van der Waals surface area contributed by atoms with Crippen molar-refractivity contribution in [3.63, 3.8) is 0 Å². The first-order chi connectivity index (χ1) is 18.3. The molecule has 1 aromatic heterocycles. The van der Waals surface area contributed by atoms with E-state index in [4.69, 9.17) is 32.7 Å². The molecule has 3 aromatic rings. The first kappa shape index (κ1) is 29.4. The Labute approximate surface area is 243 Å². The number of carbonyl (C=O) groups is 1. The smallest absolute Gasteiger partial charge is 0.434 e. The van der Waals surface area contributed by atoms with Crippen LogP contribution in [0.2, 0.25) is 10.0 Å². The van der Waals surface area contributed by atoms with Crippen molar-refractivity contribution in [1.29, 1.82) is 0 Å². The molecule has 6 nitrogen and oxygen atoms in total. The predicted octanol–water partition coefficient (Wildman–Crippen LogP) is 6.20. The van der Waals surface area contributed by atoms with Gasteiger partial charge in [-0.15, -0.1) is 0 Å². The average Bonchev–Trinajstić information content (AvgIpc) is 3.15. The number of fused-ring (bicyclic) bond motifs is 1. The van der Waals surface area contributed by atoms with Gasteiger partial charge in [0.2, 0.25) is 0 Å². The van der Waals surface area contributed by atoms with Gasteiger partial charge in [-0.05, 0) is 72.6 Å². The number of halogens is 6. The number of aromatic nitrogens is 1. The largest absolute Gasteiger partial charge is 0.489 e. The Morgan fingerprint density at radius 2 is 1.87 bits per heavy atom. The molecule has 4 rings (SSSR count). The third-order valence-corrected chi connectivity index (χ3v) is 7.50. The molecular weight excluding hydrogens is 644 g/mol. The number of nitrogens with zero attached hydrogens (tertiary/aromatic N) is 2. The zero-order valence-electron chi connectivity index (χ0n) is 20.6. The van der Waals surface area contributed by atoms with Crippen LogP contribution in [0.1, 0.15) is 37.9 Å². The van der Waals surface area contributed by atoms with E-state index in [-0.39, 0.29) is 27.6 Å². The normalized spacial score (nSPS) is 15.8. The van der Waals surface area contributed by atoms with E-state index >= 15 is 0 Å². The SMILES string of the molecule is CCOC(=O)C1=C(C(F)(F)F)N=c2s/c(=C\c3cc(Cl)cc(Br)c3OC(C)C)c(=O)n2[C@H]1c1ccc(Cl)cc1. The van der Waals surface area contributed by atoms with Crippen molar-refractivity contribution in [3.8, 4) is 5.75 Å². The lowest BCUT2D eigenvalue weighted by Gasteiger charge is -2.26. The summed E-state index contributed by atoms with van der Waals surface area (Å²) in [6, 6.07) is 7.55. The monoisotopic (exact) mass is 662 g/mol. The summed E-state index contributed by atoms with van der Waals surface area (Å²) in [7, 11) is 0. The Bertz CT molecular complexity index is 1650.